The Morgan fingerprint density at radius 1 is 1.00 bits per heavy atom. The molecule has 6 nitrogen and oxygen atoms in total. The summed E-state index contributed by atoms with van der Waals surface area (Å²) in [6.07, 6.45) is 7.95. The SMILES string of the molecule is CC1c2cnc(-c3ccccn3)nc2CCN1c1cc(N2CCCCC2)cc(F)n1. The van der Waals surface area contributed by atoms with Gasteiger partial charge >= 0.3 is 0 Å². The first kappa shape index (κ1) is 18.9. The van der Waals surface area contributed by atoms with Crippen LogP contribution in [0.2, 0.25) is 0 Å². The van der Waals surface area contributed by atoms with Crippen LogP contribution in [-0.4, -0.2) is 39.6 Å². The normalized spacial score (nSPS) is 18.9. The molecule has 7 heteroatoms. The number of nitrogens with zero attached hydrogens (tertiary/aromatic N) is 6. The molecule has 0 saturated carbocycles. The van der Waals surface area contributed by atoms with Gasteiger partial charge in [0.25, 0.3) is 0 Å². The number of aromatic nitrogens is 4. The van der Waals surface area contributed by atoms with Gasteiger partial charge in [-0.1, -0.05) is 6.07 Å². The Morgan fingerprint density at radius 3 is 2.67 bits per heavy atom. The van der Waals surface area contributed by atoms with Crippen molar-refractivity contribution in [2.24, 2.45) is 0 Å². The van der Waals surface area contributed by atoms with Crippen molar-refractivity contribution in [3.8, 4) is 11.5 Å². The van der Waals surface area contributed by atoms with Gasteiger partial charge in [-0.25, -0.2) is 15.0 Å². The standard InChI is InChI=1S/C23H25FN6/c1-16-18-15-26-23(20-7-3-4-9-25-20)27-19(18)8-12-30(16)22-14-17(13-21(24)28-22)29-10-5-2-6-11-29/h3-4,7,9,13-16H,2,5-6,8,10-12H2,1H3. The van der Waals surface area contributed by atoms with Crippen LogP contribution >= 0.6 is 0 Å². The largest absolute Gasteiger partial charge is 0.371 e. The molecule has 154 valence electrons. The van der Waals surface area contributed by atoms with Crippen LogP contribution in [0, 0.1) is 5.95 Å². The van der Waals surface area contributed by atoms with Gasteiger partial charge in [0, 0.05) is 61.8 Å². The average Bonchev–Trinajstić information content (AvgIpc) is 2.80. The molecule has 0 spiro atoms. The molecule has 2 aliphatic heterocycles. The second-order valence-corrected chi connectivity index (χ2v) is 7.98. The Bertz CT molecular complexity index is 1040. The van der Waals surface area contributed by atoms with E-state index in [1.807, 2.05) is 30.5 Å². The fraction of sp³-hybridized carbons (Fsp3) is 0.391. The van der Waals surface area contributed by atoms with E-state index in [0.717, 1.165) is 61.5 Å². The summed E-state index contributed by atoms with van der Waals surface area (Å²) in [5, 5.41) is 0. The van der Waals surface area contributed by atoms with Gasteiger partial charge in [-0.15, -0.1) is 0 Å². The van der Waals surface area contributed by atoms with Crippen LogP contribution in [0.5, 0.6) is 0 Å². The van der Waals surface area contributed by atoms with Crippen molar-refractivity contribution in [2.75, 3.05) is 29.4 Å². The van der Waals surface area contributed by atoms with E-state index in [2.05, 4.69) is 31.7 Å². The number of hydrogen-bond donors (Lipinski definition) is 0. The average molecular weight is 404 g/mol. The lowest BCUT2D eigenvalue weighted by molar-refractivity contribution is 0.553. The summed E-state index contributed by atoms with van der Waals surface area (Å²) in [5.41, 5.74) is 3.79. The van der Waals surface area contributed by atoms with E-state index in [1.54, 1.807) is 12.3 Å². The summed E-state index contributed by atoms with van der Waals surface area (Å²) < 4.78 is 14.4. The van der Waals surface area contributed by atoms with Crippen molar-refractivity contribution in [3.63, 3.8) is 0 Å². The maximum atomic E-state index is 14.4. The summed E-state index contributed by atoms with van der Waals surface area (Å²) in [4.78, 5) is 22.3. The van der Waals surface area contributed by atoms with Crippen molar-refractivity contribution < 1.29 is 4.39 Å². The molecule has 1 unspecified atom stereocenters. The molecule has 0 amide bonds. The molecule has 1 saturated heterocycles. The van der Waals surface area contributed by atoms with E-state index in [1.165, 1.54) is 6.42 Å². The Balaban J connectivity index is 1.43. The minimum atomic E-state index is -0.423. The molecule has 0 bridgehead atoms. The van der Waals surface area contributed by atoms with Gasteiger partial charge in [-0.3, -0.25) is 4.98 Å². The van der Waals surface area contributed by atoms with Crippen molar-refractivity contribution in [1.82, 2.24) is 19.9 Å². The van der Waals surface area contributed by atoms with Crippen LogP contribution in [0.25, 0.3) is 11.5 Å². The molecule has 5 rings (SSSR count). The molecular formula is C23H25FN6. The maximum absolute atomic E-state index is 14.4. The van der Waals surface area contributed by atoms with Gasteiger partial charge in [0.15, 0.2) is 5.82 Å². The van der Waals surface area contributed by atoms with Gasteiger partial charge < -0.3 is 9.80 Å². The third-order valence-corrected chi connectivity index (χ3v) is 6.08. The second-order valence-electron chi connectivity index (χ2n) is 7.98. The number of pyridine rings is 2. The quantitative estimate of drug-likeness (QED) is 0.610. The lowest BCUT2D eigenvalue weighted by atomic mass is 9.99. The van der Waals surface area contributed by atoms with Gasteiger partial charge in [-0.05, 0) is 38.3 Å². The molecule has 0 N–H and O–H groups in total. The number of rotatable bonds is 3. The molecule has 0 radical (unpaired) electrons. The monoisotopic (exact) mass is 404 g/mol. The van der Waals surface area contributed by atoms with E-state index < -0.39 is 5.95 Å². The zero-order chi connectivity index (χ0) is 20.5. The van der Waals surface area contributed by atoms with E-state index in [9.17, 15) is 4.39 Å². The molecule has 2 aliphatic rings. The molecule has 3 aromatic rings. The fourth-order valence-corrected chi connectivity index (χ4v) is 4.45. The lowest BCUT2D eigenvalue weighted by Crippen LogP contribution is -2.36. The highest BCUT2D eigenvalue weighted by Gasteiger charge is 2.28. The lowest BCUT2D eigenvalue weighted by Gasteiger charge is -2.36. The third-order valence-electron chi connectivity index (χ3n) is 6.08. The predicted octanol–water partition coefficient (Wildman–Crippen LogP) is 4.19. The Labute approximate surface area is 175 Å². The van der Waals surface area contributed by atoms with Crippen LogP contribution in [0.3, 0.4) is 0 Å². The zero-order valence-electron chi connectivity index (χ0n) is 17.1. The molecule has 5 heterocycles. The number of hydrogen-bond acceptors (Lipinski definition) is 6. The van der Waals surface area contributed by atoms with Crippen LogP contribution in [0.15, 0.2) is 42.7 Å². The molecule has 3 aromatic heterocycles. The third kappa shape index (κ3) is 3.60. The zero-order valence-corrected chi connectivity index (χ0v) is 17.1. The summed E-state index contributed by atoms with van der Waals surface area (Å²) in [7, 11) is 0. The number of fused-ring (bicyclic) bond motifs is 1. The minimum absolute atomic E-state index is 0.0232. The highest BCUT2D eigenvalue weighted by Crippen LogP contribution is 2.34. The highest BCUT2D eigenvalue weighted by atomic mass is 19.1. The van der Waals surface area contributed by atoms with E-state index >= 15 is 0 Å². The van der Waals surface area contributed by atoms with Crippen LogP contribution < -0.4 is 9.80 Å². The number of halogens is 1. The van der Waals surface area contributed by atoms with Crippen LogP contribution in [-0.2, 0) is 6.42 Å². The van der Waals surface area contributed by atoms with Crippen molar-refractivity contribution in [1.29, 1.82) is 0 Å². The summed E-state index contributed by atoms with van der Waals surface area (Å²) >= 11 is 0. The van der Waals surface area contributed by atoms with Gasteiger partial charge in [0.1, 0.15) is 11.5 Å². The van der Waals surface area contributed by atoms with Crippen LogP contribution in [0.4, 0.5) is 15.9 Å². The summed E-state index contributed by atoms with van der Waals surface area (Å²) in [6.45, 7) is 4.80. The van der Waals surface area contributed by atoms with Gasteiger partial charge in [-0.2, -0.15) is 4.39 Å². The van der Waals surface area contributed by atoms with E-state index in [4.69, 9.17) is 4.98 Å². The van der Waals surface area contributed by atoms with Gasteiger partial charge in [0.2, 0.25) is 5.95 Å². The number of anilines is 2. The molecule has 0 aromatic carbocycles. The fourth-order valence-electron chi connectivity index (χ4n) is 4.45. The predicted molar refractivity (Wildman–Crippen MR) is 115 cm³/mol. The second kappa shape index (κ2) is 7.97. The molecular weight excluding hydrogens is 379 g/mol. The topological polar surface area (TPSA) is 58.0 Å². The molecule has 1 atom stereocenters. The smallest absolute Gasteiger partial charge is 0.216 e. The van der Waals surface area contributed by atoms with E-state index in [0.29, 0.717) is 11.6 Å². The summed E-state index contributed by atoms with van der Waals surface area (Å²) in [5.74, 6) is 0.904. The van der Waals surface area contributed by atoms with E-state index in [-0.39, 0.29) is 6.04 Å². The van der Waals surface area contributed by atoms with Crippen LogP contribution in [0.1, 0.15) is 43.5 Å². The van der Waals surface area contributed by atoms with Crippen molar-refractivity contribution in [3.05, 3.63) is 59.9 Å². The van der Waals surface area contributed by atoms with Crippen molar-refractivity contribution >= 4 is 11.5 Å². The Hall–Kier alpha value is -3.09. The van der Waals surface area contributed by atoms with Crippen molar-refractivity contribution in [2.45, 2.75) is 38.6 Å². The highest BCUT2D eigenvalue weighted by molar-refractivity contribution is 5.58. The molecule has 30 heavy (non-hydrogen) atoms. The Morgan fingerprint density at radius 2 is 1.87 bits per heavy atom. The summed E-state index contributed by atoms with van der Waals surface area (Å²) in [6, 6.07) is 9.34. The number of piperidine rings is 1. The maximum Gasteiger partial charge on any atom is 0.216 e. The first-order chi connectivity index (χ1) is 14.7. The molecule has 0 aliphatic carbocycles. The minimum Gasteiger partial charge on any atom is -0.371 e. The Kier molecular flexibility index (Phi) is 5.02. The van der Waals surface area contributed by atoms with Gasteiger partial charge in [0.05, 0.1) is 11.7 Å². The first-order valence-electron chi connectivity index (χ1n) is 10.7. The first-order valence-corrected chi connectivity index (χ1v) is 10.7. The molecule has 1 fully saturated rings.